The molecule has 0 aliphatic heterocycles. The van der Waals surface area contributed by atoms with E-state index >= 15 is 0 Å². The highest BCUT2D eigenvalue weighted by Gasteiger charge is 2.14. The van der Waals surface area contributed by atoms with Crippen molar-refractivity contribution in [1.29, 1.82) is 0 Å². The first-order valence-electron chi connectivity index (χ1n) is 5.50. The monoisotopic (exact) mass is 259 g/mol. The van der Waals surface area contributed by atoms with Crippen LogP contribution >= 0.6 is 0 Å². The lowest BCUT2D eigenvalue weighted by Gasteiger charge is -2.10. The molecule has 0 amide bonds. The molecule has 0 aliphatic rings. The number of halogens is 1. The summed E-state index contributed by atoms with van der Waals surface area (Å²) >= 11 is 0. The van der Waals surface area contributed by atoms with Crippen LogP contribution in [0, 0.1) is 5.82 Å². The molecular weight excluding hydrogens is 249 g/mol. The topological polar surface area (TPSA) is 99.8 Å². The summed E-state index contributed by atoms with van der Waals surface area (Å²) in [4.78, 5) is 20.1. The smallest absolute Gasteiger partial charge is 0.223 e. The fraction of sp³-hybridized carbons (Fsp3) is 0.0833. The lowest BCUT2D eigenvalue weighted by Crippen LogP contribution is -2.15. The molecule has 0 bridgehead atoms. The van der Waals surface area contributed by atoms with Gasteiger partial charge >= 0.3 is 0 Å². The molecule has 3 aromatic rings. The van der Waals surface area contributed by atoms with E-state index < -0.39 is 11.2 Å². The number of rotatable bonds is 0. The van der Waals surface area contributed by atoms with Crippen LogP contribution in [-0.4, -0.2) is 14.5 Å². The van der Waals surface area contributed by atoms with Crippen molar-refractivity contribution in [3.05, 3.63) is 34.2 Å². The first-order chi connectivity index (χ1) is 8.99. The number of anilines is 2. The Bertz CT molecular complexity index is 887. The van der Waals surface area contributed by atoms with E-state index in [2.05, 4.69) is 9.97 Å². The molecule has 0 saturated heterocycles. The highest BCUT2D eigenvalue weighted by Crippen LogP contribution is 2.20. The molecule has 6 nitrogen and oxygen atoms in total. The van der Waals surface area contributed by atoms with E-state index in [0.29, 0.717) is 11.2 Å². The van der Waals surface area contributed by atoms with E-state index in [1.54, 1.807) is 11.6 Å². The fourth-order valence-electron chi connectivity index (χ4n) is 2.18. The molecule has 0 saturated carbocycles. The predicted molar refractivity (Wildman–Crippen MR) is 71.1 cm³/mol. The molecule has 0 aliphatic carbocycles. The van der Waals surface area contributed by atoms with Crippen LogP contribution in [0.15, 0.2) is 23.0 Å². The van der Waals surface area contributed by atoms with Crippen LogP contribution < -0.4 is 16.9 Å². The molecule has 19 heavy (non-hydrogen) atoms. The van der Waals surface area contributed by atoms with Crippen molar-refractivity contribution in [2.45, 2.75) is 0 Å². The quantitative estimate of drug-likeness (QED) is 0.581. The van der Waals surface area contributed by atoms with Crippen LogP contribution in [0.2, 0.25) is 0 Å². The first kappa shape index (κ1) is 11.4. The average Bonchev–Trinajstić information content (AvgIpc) is 2.35. The van der Waals surface area contributed by atoms with Crippen molar-refractivity contribution in [3.8, 4) is 0 Å². The van der Waals surface area contributed by atoms with Gasteiger partial charge in [0.05, 0.1) is 5.52 Å². The second-order valence-corrected chi connectivity index (χ2v) is 4.22. The summed E-state index contributed by atoms with van der Waals surface area (Å²) in [5, 5.41) is 0.380. The van der Waals surface area contributed by atoms with Crippen molar-refractivity contribution in [2.24, 2.45) is 7.05 Å². The third-order valence-electron chi connectivity index (χ3n) is 3.04. The Balaban J connectivity index is 2.69. The summed E-state index contributed by atoms with van der Waals surface area (Å²) in [6.45, 7) is 0. The molecule has 2 aromatic heterocycles. The van der Waals surface area contributed by atoms with E-state index in [1.165, 1.54) is 18.2 Å². The summed E-state index contributed by atoms with van der Waals surface area (Å²) in [7, 11) is 1.70. The Hall–Kier alpha value is -2.70. The molecule has 3 rings (SSSR count). The minimum atomic E-state index is -0.487. The minimum absolute atomic E-state index is 0.00531. The van der Waals surface area contributed by atoms with Crippen molar-refractivity contribution in [3.63, 3.8) is 0 Å². The zero-order valence-corrected chi connectivity index (χ0v) is 10.0. The van der Waals surface area contributed by atoms with Gasteiger partial charge in [0, 0.05) is 12.4 Å². The van der Waals surface area contributed by atoms with Crippen LogP contribution in [0.4, 0.5) is 16.2 Å². The van der Waals surface area contributed by atoms with Crippen molar-refractivity contribution in [2.75, 3.05) is 11.5 Å². The van der Waals surface area contributed by atoms with Gasteiger partial charge in [-0.15, -0.1) is 0 Å². The SMILES string of the molecule is Cn1c2ccc(F)cc2c(=O)c2c(N)nc(N)nc21. The predicted octanol–water partition coefficient (Wildman–Crippen LogP) is 0.785. The second-order valence-electron chi connectivity index (χ2n) is 4.22. The van der Waals surface area contributed by atoms with Gasteiger partial charge in [-0.05, 0) is 18.2 Å². The number of benzene rings is 1. The van der Waals surface area contributed by atoms with Gasteiger partial charge in [-0.1, -0.05) is 0 Å². The molecule has 0 unspecified atom stereocenters. The van der Waals surface area contributed by atoms with Crippen molar-refractivity contribution in [1.82, 2.24) is 14.5 Å². The maximum atomic E-state index is 13.3. The van der Waals surface area contributed by atoms with Gasteiger partial charge in [0.25, 0.3) is 0 Å². The number of aromatic nitrogens is 3. The molecule has 0 spiro atoms. The molecule has 0 fully saturated rings. The van der Waals surface area contributed by atoms with Crippen LogP contribution in [-0.2, 0) is 7.05 Å². The number of hydrogen-bond acceptors (Lipinski definition) is 5. The zero-order chi connectivity index (χ0) is 13.7. The van der Waals surface area contributed by atoms with Gasteiger partial charge in [0.1, 0.15) is 17.0 Å². The van der Waals surface area contributed by atoms with Gasteiger partial charge in [0.15, 0.2) is 5.65 Å². The van der Waals surface area contributed by atoms with Crippen molar-refractivity contribution >= 4 is 33.7 Å². The Morgan fingerprint density at radius 3 is 2.74 bits per heavy atom. The van der Waals surface area contributed by atoms with Gasteiger partial charge < -0.3 is 16.0 Å². The van der Waals surface area contributed by atoms with E-state index in [0.717, 1.165) is 0 Å². The Morgan fingerprint density at radius 2 is 2.00 bits per heavy atom. The van der Waals surface area contributed by atoms with Crippen LogP contribution in [0.1, 0.15) is 0 Å². The molecule has 7 heteroatoms. The first-order valence-corrected chi connectivity index (χ1v) is 5.50. The minimum Gasteiger partial charge on any atom is -0.383 e. The highest BCUT2D eigenvalue weighted by molar-refractivity contribution is 5.96. The lowest BCUT2D eigenvalue weighted by atomic mass is 10.1. The maximum absolute atomic E-state index is 13.3. The maximum Gasteiger partial charge on any atom is 0.223 e. The molecule has 1 aromatic carbocycles. The number of nitrogens with two attached hydrogens (primary N) is 2. The van der Waals surface area contributed by atoms with Gasteiger partial charge in [-0.3, -0.25) is 4.79 Å². The lowest BCUT2D eigenvalue weighted by molar-refractivity contribution is 0.629. The van der Waals surface area contributed by atoms with Crippen LogP contribution in [0.5, 0.6) is 0 Å². The van der Waals surface area contributed by atoms with Crippen LogP contribution in [0.3, 0.4) is 0 Å². The molecule has 0 radical (unpaired) electrons. The third kappa shape index (κ3) is 1.51. The zero-order valence-electron chi connectivity index (χ0n) is 10.0. The second kappa shape index (κ2) is 3.64. The summed E-state index contributed by atoms with van der Waals surface area (Å²) < 4.78 is 14.9. The Kier molecular flexibility index (Phi) is 2.19. The van der Waals surface area contributed by atoms with Gasteiger partial charge in [-0.25, -0.2) is 4.39 Å². The standard InChI is InChI=1S/C12H10FN5O/c1-18-7-3-2-5(13)4-6(7)9(19)8-10(14)16-12(15)17-11(8)18/h2-4H,1H3,(H4,14,15,16,17). The van der Waals surface area contributed by atoms with Gasteiger partial charge in [-0.2, -0.15) is 9.97 Å². The summed E-state index contributed by atoms with van der Waals surface area (Å²) in [6, 6.07) is 3.97. The van der Waals surface area contributed by atoms with Crippen molar-refractivity contribution < 1.29 is 4.39 Å². The van der Waals surface area contributed by atoms with Gasteiger partial charge in [0.2, 0.25) is 11.4 Å². The average molecular weight is 259 g/mol. The Morgan fingerprint density at radius 1 is 1.26 bits per heavy atom. The molecule has 4 N–H and O–H groups in total. The number of nitrogen functional groups attached to an aromatic ring is 2. The fourth-order valence-corrected chi connectivity index (χ4v) is 2.18. The molecule has 2 heterocycles. The normalized spacial score (nSPS) is 11.3. The number of pyridine rings is 1. The number of hydrogen-bond donors (Lipinski definition) is 2. The number of fused-ring (bicyclic) bond motifs is 2. The number of aryl methyl sites for hydroxylation is 1. The van der Waals surface area contributed by atoms with E-state index in [9.17, 15) is 9.18 Å². The number of nitrogens with zero attached hydrogens (tertiary/aromatic N) is 3. The Labute approximate surface area is 106 Å². The van der Waals surface area contributed by atoms with E-state index in [4.69, 9.17) is 11.5 Å². The summed E-state index contributed by atoms with van der Waals surface area (Å²) in [6.07, 6.45) is 0. The largest absolute Gasteiger partial charge is 0.383 e. The molecule has 0 atom stereocenters. The van der Waals surface area contributed by atoms with E-state index in [1.807, 2.05) is 0 Å². The van der Waals surface area contributed by atoms with E-state index in [-0.39, 0.29) is 22.5 Å². The summed E-state index contributed by atoms with van der Waals surface area (Å²) in [5.74, 6) is -0.505. The molecular formula is C12H10FN5O. The molecule has 96 valence electrons. The highest BCUT2D eigenvalue weighted by atomic mass is 19.1. The third-order valence-corrected chi connectivity index (χ3v) is 3.04. The summed E-state index contributed by atoms with van der Waals surface area (Å²) in [5.41, 5.74) is 11.7. The van der Waals surface area contributed by atoms with Crippen LogP contribution in [0.25, 0.3) is 21.9 Å².